The summed E-state index contributed by atoms with van der Waals surface area (Å²) in [5.41, 5.74) is 2.52. The van der Waals surface area contributed by atoms with Gasteiger partial charge in [-0.15, -0.1) is 11.8 Å². The van der Waals surface area contributed by atoms with Crippen LogP contribution in [0.25, 0.3) is 10.9 Å². The summed E-state index contributed by atoms with van der Waals surface area (Å²) in [6, 6.07) is 13.4. The van der Waals surface area contributed by atoms with Gasteiger partial charge in [0.25, 0.3) is 5.91 Å². The highest BCUT2D eigenvalue weighted by atomic mass is 35.5. The van der Waals surface area contributed by atoms with E-state index in [0.717, 1.165) is 34.4 Å². The molecule has 1 aliphatic heterocycles. The number of methoxy groups -OCH3 is 1. The third kappa shape index (κ3) is 3.22. The van der Waals surface area contributed by atoms with Gasteiger partial charge in [0, 0.05) is 32.6 Å². The zero-order chi connectivity index (χ0) is 17.4. The summed E-state index contributed by atoms with van der Waals surface area (Å²) in [5, 5.41) is 4.81. The monoisotopic (exact) mass is 372 g/mol. The maximum absolute atomic E-state index is 12.7. The minimum absolute atomic E-state index is 0.0246. The number of hydrogen-bond donors (Lipinski definition) is 2. The van der Waals surface area contributed by atoms with Crippen molar-refractivity contribution in [2.75, 3.05) is 12.9 Å². The SMILES string of the molecule is COc1ccc2cc(C(=O)NC3CCSc4ccc(Cl)cc43)[nH]c2c1. The lowest BCUT2D eigenvalue weighted by atomic mass is 10.0. The fourth-order valence-corrected chi connectivity index (χ4v) is 4.39. The van der Waals surface area contributed by atoms with Crippen LogP contribution in [0.15, 0.2) is 47.4 Å². The molecule has 1 aliphatic rings. The fraction of sp³-hybridized carbons (Fsp3) is 0.211. The van der Waals surface area contributed by atoms with Crippen molar-refractivity contribution >= 4 is 40.2 Å². The van der Waals surface area contributed by atoms with E-state index in [-0.39, 0.29) is 11.9 Å². The van der Waals surface area contributed by atoms with Crippen LogP contribution in [0.4, 0.5) is 0 Å². The van der Waals surface area contributed by atoms with Crippen LogP contribution in [0.2, 0.25) is 5.02 Å². The molecule has 0 saturated heterocycles. The number of benzene rings is 2. The maximum atomic E-state index is 12.7. The number of H-pyrrole nitrogens is 1. The Labute approximate surface area is 154 Å². The minimum Gasteiger partial charge on any atom is -0.497 e. The molecule has 0 saturated carbocycles. The Morgan fingerprint density at radius 3 is 3.00 bits per heavy atom. The molecular formula is C19H17ClN2O2S. The highest BCUT2D eigenvalue weighted by Gasteiger charge is 2.23. The average molecular weight is 373 g/mol. The largest absolute Gasteiger partial charge is 0.497 e. The summed E-state index contributed by atoms with van der Waals surface area (Å²) in [4.78, 5) is 17.1. The van der Waals surface area contributed by atoms with Gasteiger partial charge in [-0.05, 0) is 48.4 Å². The molecule has 0 fully saturated rings. The van der Waals surface area contributed by atoms with Gasteiger partial charge in [0.05, 0.1) is 13.2 Å². The first-order chi connectivity index (χ1) is 12.1. The van der Waals surface area contributed by atoms with Crippen LogP contribution in [0.1, 0.15) is 28.5 Å². The molecular weight excluding hydrogens is 356 g/mol. The number of halogens is 1. The second kappa shape index (κ2) is 6.65. The van der Waals surface area contributed by atoms with Crippen LogP contribution < -0.4 is 10.1 Å². The molecule has 4 nitrogen and oxygen atoms in total. The number of ether oxygens (including phenoxy) is 1. The second-order valence-electron chi connectivity index (χ2n) is 5.98. The molecule has 2 N–H and O–H groups in total. The molecule has 1 unspecified atom stereocenters. The molecule has 2 heterocycles. The van der Waals surface area contributed by atoms with Gasteiger partial charge < -0.3 is 15.0 Å². The van der Waals surface area contributed by atoms with E-state index in [1.54, 1.807) is 18.9 Å². The number of aromatic amines is 1. The predicted molar refractivity (Wildman–Crippen MR) is 102 cm³/mol. The summed E-state index contributed by atoms with van der Waals surface area (Å²) >= 11 is 7.94. The van der Waals surface area contributed by atoms with Crippen molar-refractivity contribution in [2.24, 2.45) is 0 Å². The van der Waals surface area contributed by atoms with Crippen LogP contribution in [0.5, 0.6) is 5.75 Å². The molecule has 2 aromatic carbocycles. The number of fused-ring (bicyclic) bond motifs is 2. The van der Waals surface area contributed by atoms with Crippen molar-refractivity contribution in [3.8, 4) is 5.75 Å². The smallest absolute Gasteiger partial charge is 0.268 e. The molecule has 1 atom stereocenters. The molecule has 3 aromatic rings. The predicted octanol–water partition coefficient (Wildman–Crippen LogP) is 4.80. The molecule has 0 bridgehead atoms. The number of carbonyl (C=O) groups excluding carboxylic acids is 1. The van der Waals surface area contributed by atoms with Crippen LogP contribution in [0.3, 0.4) is 0 Å². The second-order valence-corrected chi connectivity index (χ2v) is 7.55. The first-order valence-corrected chi connectivity index (χ1v) is 9.40. The quantitative estimate of drug-likeness (QED) is 0.694. The van der Waals surface area contributed by atoms with Gasteiger partial charge in [-0.1, -0.05) is 11.6 Å². The van der Waals surface area contributed by atoms with E-state index in [1.807, 2.05) is 42.5 Å². The van der Waals surface area contributed by atoms with Gasteiger partial charge in [0.15, 0.2) is 0 Å². The molecule has 1 amide bonds. The average Bonchev–Trinajstić information content (AvgIpc) is 3.05. The summed E-state index contributed by atoms with van der Waals surface area (Å²) in [6.07, 6.45) is 0.887. The van der Waals surface area contributed by atoms with Gasteiger partial charge in [-0.25, -0.2) is 0 Å². The number of rotatable bonds is 3. The zero-order valence-electron chi connectivity index (χ0n) is 13.6. The van der Waals surface area contributed by atoms with Gasteiger partial charge in [0.1, 0.15) is 11.4 Å². The van der Waals surface area contributed by atoms with E-state index >= 15 is 0 Å². The topological polar surface area (TPSA) is 54.1 Å². The molecule has 6 heteroatoms. The highest BCUT2D eigenvalue weighted by molar-refractivity contribution is 7.99. The van der Waals surface area contributed by atoms with Crippen molar-refractivity contribution in [2.45, 2.75) is 17.4 Å². The van der Waals surface area contributed by atoms with Crippen molar-refractivity contribution < 1.29 is 9.53 Å². The van der Waals surface area contributed by atoms with Crippen LogP contribution in [-0.4, -0.2) is 23.8 Å². The lowest BCUT2D eigenvalue weighted by Crippen LogP contribution is -2.30. The van der Waals surface area contributed by atoms with E-state index in [9.17, 15) is 4.79 Å². The Bertz CT molecular complexity index is 954. The number of hydrogen-bond acceptors (Lipinski definition) is 3. The van der Waals surface area contributed by atoms with Gasteiger partial charge in [-0.3, -0.25) is 4.79 Å². The number of amides is 1. The Morgan fingerprint density at radius 1 is 1.28 bits per heavy atom. The van der Waals surface area contributed by atoms with E-state index in [2.05, 4.69) is 10.3 Å². The summed E-state index contributed by atoms with van der Waals surface area (Å²) in [6.45, 7) is 0. The molecule has 0 spiro atoms. The zero-order valence-corrected chi connectivity index (χ0v) is 15.2. The number of aromatic nitrogens is 1. The first kappa shape index (κ1) is 16.4. The van der Waals surface area contributed by atoms with Gasteiger partial charge in [-0.2, -0.15) is 0 Å². The first-order valence-electron chi connectivity index (χ1n) is 8.04. The summed E-state index contributed by atoms with van der Waals surface area (Å²) < 4.78 is 5.23. The van der Waals surface area contributed by atoms with E-state index < -0.39 is 0 Å². The molecule has 0 aliphatic carbocycles. The minimum atomic E-state index is -0.113. The Morgan fingerprint density at radius 2 is 2.16 bits per heavy atom. The maximum Gasteiger partial charge on any atom is 0.268 e. The Balaban J connectivity index is 1.60. The van der Waals surface area contributed by atoms with Gasteiger partial charge in [0.2, 0.25) is 0 Å². The molecule has 0 radical (unpaired) electrons. The lowest BCUT2D eigenvalue weighted by Gasteiger charge is -2.26. The van der Waals surface area contributed by atoms with Crippen LogP contribution in [0, 0.1) is 0 Å². The third-order valence-electron chi connectivity index (χ3n) is 4.39. The Kier molecular flexibility index (Phi) is 4.36. The number of carbonyl (C=O) groups is 1. The van der Waals surface area contributed by atoms with Crippen molar-refractivity contribution in [1.82, 2.24) is 10.3 Å². The third-order valence-corrected chi connectivity index (χ3v) is 5.75. The molecule has 4 rings (SSSR count). The molecule has 1 aromatic heterocycles. The van der Waals surface area contributed by atoms with Crippen LogP contribution >= 0.6 is 23.4 Å². The standard InChI is InChI=1S/C19H17ClN2O2S/c1-24-13-4-2-11-8-17(21-16(11)10-13)19(23)22-15-6-7-25-18-5-3-12(20)9-14(15)18/h2-5,8-10,15,21H,6-7H2,1H3,(H,22,23). The normalized spacial score (nSPS) is 16.5. The van der Waals surface area contributed by atoms with Gasteiger partial charge >= 0.3 is 0 Å². The van der Waals surface area contributed by atoms with Crippen LogP contribution in [-0.2, 0) is 0 Å². The van der Waals surface area contributed by atoms with E-state index in [4.69, 9.17) is 16.3 Å². The fourth-order valence-electron chi connectivity index (χ4n) is 3.11. The lowest BCUT2D eigenvalue weighted by molar-refractivity contribution is 0.0930. The van der Waals surface area contributed by atoms with E-state index in [0.29, 0.717) is 10.7 Å². The van der Waals surface area contributed by atoms with Crippen molar-refractivity contribution in [1.29, 1.82) is 0 Å². The van der Waals surface area contributed by atoms with E-state index in [1.165, 1.54) is 4.90 Å². The summed E-state index contributed by atoms with van der Waals surface area (Å²) in [7, 11) is 1.63. The summed E-state index contributed by atoms with van der Waals surface area (Å²) in [5.74, 6) is 1.62. The highest BCUT2D eigenvalue weighted by Crippen LogP contribution is 2.37. The van der Waals surface area contributed by atoms with Crippen molar-refractivity contribution in [3.05, 3.63) is 58.7 Å². The van der Waals surface area contributed by atoms with Crippen molar-refractivity contribution in [3.63, 3.8) is 0 Å². The molecule has 128 valence electrons. The number of nitrogens with one attached hydrogen (secondary N) is 2. The molecule has 25 heavy (non-hydrogen) atoms. The Hall–Kier alpha value is -2.11. The number of thioether (sulfide) groups is 1.